The summed E-state index contributed by atoms with van der Waals surface area (Å²) in [7, 11) is 0. The highest BCUT2D eigenvalue weighted by atomic mass is 79.9. The minimum absolute atomic E-state index is 0.0407. The first-order chi connectivity index (χ1) is 9.61. The average molecular weight is 338 g/mol. The van der Waals surface area contributed by atoms with Crippen LogP contribution in [0.4, 0.5) is 10.1 Å². The van der Waals surface area contributed by atoms with Crippen LogP contribution in [0.1, 0.15) is 11.1 Å². The standard InChI is InChI=1S/C14H13BrFN3O/c15-11-5-2-6-12(16)13(11)18-8-9-3-1-4-10(7-9)14(17)19-20/h1-7,18,20H,8H2,(H2,17,19). The van der Waals surface area contributed by atoms with Gasteiger partial charge in [0.05, 0.1) is 5.69 Å². The first-order valence-corrected chi connectivity index (χ1v) is 6.66. The predicted octanol–water partition coefficient (Wildman–Crippen LogP) is 3.29. The minimum Gasteiger partial charge on any atom is -0.409 e. The van der Waals surface area contributed by atoms with E-state index in [4.69, 9.17) is 10.9 Å². The van der Waals surface area contributed by atoms with Gasteiger partial charge >= 0.3 is 0 Å². The topological polar surface area (TPSA) is 70.6 Å². The number of anilines is 1. The molecular weight excluding hydrogens is 325 g/mol. The Labute approximate surface area is 124 Å². The highest BCUT2D eigenvalue weighted by molar-refractivity contribution is 9.10. The summed E-state index contributed by atoms with van der Waals surface area (Å²) in [5.41, 5.74) is 7.44. The Balaban J connectivity index is 2.15. The van der Waals surface area contributed by atoms with E-state index in [1.165, 1.54) is 6.07 Å². The zero-order valence-corrected chi connectivity index (χ0v) is 12.1. The molecular formula is C14H13BrFN3O. The first-order valence-electron chi connectivity index (χ1n) is 5.86. The average Bonchev–Trinajstić information content (AvgIpc) is 2.46. The van der Waals surface area contributed by atoms with Gasteiger partial charge in [0, 0.05) is 16.6 Å². The molecule has 0 atom stereocenters. The molecule has 4 N–H and O–H groups in total. The molecule has 0 aliphatic rings. The van der Waals surface area contributed by atoms with Crippen LogP contribution in [0.2, 0.25) is 0 Å². The Morgan fingerprint density at radius 1 is 1.30 bits per heavy atom. The van der Waals surface area contributed by atoms with Crippen LogP contribution in [-0.2, 0) is 6.54 Å². The van der Waals surface area contributed by atoms with Crippen LogP contribution in [-0.4, -0.2) is 11.0 Å². The molecule has 0 spiro atoms. The number of benzene rings is 2. The van der Waals surface area contributed by atoms with Crippen molar-refractivity contribution in [1.82, 2.24) is 0 Å². The van der Waals surface area contributed by atoms with Gasteiger partial charge in [0.2, 0.25) is 0 Å². The van der Waals surface area contributed by atoms with Crippen LogP contribution < -0.4 is 11.1 Å². The van der Waals surface area contributed by atoms with Gasteiger partial charge in [0.1, 0.15) is 5.82 Å². The van der Waals surface area contributed by atoms with Crippen LogP contribution in [0, 0.1) is 5.82 Å². The molecule has 0 aliphatic carbocycles. The number of nitrogens with zero attached hydrogens (tertiary/aromatic N) is 1. The fourth-order valence-electron chi connectivity index (χ4n) is 1.76. The molecule has 2 aromatic rings. The number of rotatable bonds is 4. The lowest BCUT2D eigenvalue weighted by Crippen LogP contribution is -2.13. The molecule has 2 rings (SSSR count). The van der Waals surface area contributed by atoms with Crippen LogP contribution >= 0.6 is 15.9 Å². The van der Waals surface area contributed by atoms with E-state index in [2.05, 4.69) is 26.4 Å². The monoisotopic (exact) mass is 337 g/mol. The van der Waals surface area contributed by atoms with Crippen LogP contribution in [0.5, 0.6) is 0 Å². The van der Waals surface area contributed by atoms with Crippen molar-refractivity contribution in [3.63, 3.8) is 0 Å². The predicted molar refractivity (Wildman–Crippen MR) is 80.4 cm³/mol. The van der Waals surface area contributed by atoms with Gasteiger partial charge < -0.3 is 16.3 Å². The first kappa shape index (κ1) is 14.3. The highest BCUT2D eigenvalue weighted by Crippen LogP contribution is 2.25. The van der Waals surface area contributed by atoms with E-state index in [1.807, 2.05) is 6.07 Å². The maximum absolute atomic E-state index is 13.7. The zero-order chi connectivity index (χ0) is 14.5. The molecule has 0 unspecified atom stereocenters. The van der Waals surface area contributed by atoms with E-state index in [9.17, 15) is 4.39 Å². The summed E-state index contributed by atoms with van der Waals surface area (Å²) in [6.45, 7) is 0.423. The van der Waals surface area contributed by atoms with E-state index in [0.29, 0.717) is 22.3 Å². The third-order valence-corrected chi connectivity index (χ3v) is 3.42. The number of hydrogen-bond donors (Lipinski definition) is 3. The van der Waals surface area contributed by atoms with Gasteiger partial charge in [-0.15, -0.1) is 0 Å². The summed E-state index contributed by atoms with van der Waals surface area (Å²) in [5, 5.41) is 14.6. The largest absolute Gasteiger partial charge is 0.409 e. The molecule has 0 heterocycles. The third-order valence-electron chi connectivity index (χ3n) is 2.76. The molecule has 2 aromatic carbocycles. The molecule has 0 amide bonds. The van der Waals surface area contributed by atoms with Gasteiger partial charge in [0.25, 0.3) is 0 Å². The molecule has 0 aromatic heterocycles. The lowest BCUT2D eigenvalue weighted by molar-refractivity contribution is 0.318. The fourth-order valence-corrected chi connectivity index (χ4v) is 2.24. The SMILES string of the molecule is N/C(=N/O)c1cccc(CNc2c(F)cccc2Br)c1. The van der Waals surface area contributed by atoms with Gasteiger partial charge in [0.15, 0.2) is 5.84 Å². The maximum Gasteiger partial charge on any atom is 0.170 e. The quantitative estimate of drug-likeness (QED) is 0.347. The van der Waals surface area contributed by atoms with E-state index < -0.39 is 0 Å². The molecule has 0 saturated carbocycles. The number of halogens is 2. The Morgan fingerprint density at radius 2 is 2.05 bits per heavy atom. The van der Waals surface area contributed by atoms with Crippen molar-refractivity contribution in [3.8, 4) is 0 Å². The van der Waals surface area contributed by atoms with Crippen molar-refractivity contribution in [3.05, 3.63) is 63.9 Å². The number of hydrogen-bond acceptors (Lipinski definition) is 3. The second kappa shape index (κ2) is 6.38. The van der Waals surface area contributed by atoms with Crippen LogP contribution in [0.25, 0.3) is 0 Å². The number of oxime groups is 1. The Kier molecular flexibility index (Phi) is 4.57. The van der Waals surface area contributed by atoms with E-state index >= 15 is 0 Å². The molecule has 4 nitrogen and oxygen atoms in total. The highest BCUT2D eigenvalue weighted by Gasteiger charge is 2.06. The molecule has 20 heavy (non-hydrogen) atoms. The number of nitrogens with two attached hydrogens (primary N) is 1. The van der Waals surface area contributed by atoms with Crippen molar-refractivity contribution in [2.45, 2.75) is 6.54 Å². The molecule has 0 bridgehead atoms. The maximum atomic E-state index is 13.7. The number of para-hydroxylation sites is 1. The van der Waals surface area contributed by atoms with Gasteiger partial charge in [-0.25, -0.2) is 4.39 Å². The van der Waals surface area contributed by atoms with Gasteiger partial charge in [-0.2, -0.15) is 0 Å². The molecule has 0 radical (unpaired) electrons. The summed E-state index contributed by atoms with van der Waals surface area (Å²) in [6.07, 6.45) is 0. The second-order valence-corrected chi connectivity index (χ2v) is 4.99. The Hall–Kier alpha value is -2.08. The zero-order valence-electron chi connectivity index (χ0n) is 10.5. The third kappa shape index (κ3) is 3.27. The summed E-state index contributed by atoms with van der Waals surface area (Å²) in [4.78, 5) is 0. The van der Waals surface area contributed by atoms with E-state index in [0.717, 1.165) is 5.56 Å². The second-order valence-electron chi connectivity index (χ2n) is 4.14. The Bertz CT molecular complexity index is 626. The van der Waals surface area contributed by atoms with Crippen LogP contribution in [0.15, 0.2) is 52.1 Å². The molecule has 0 aliphatic heterocycles. The van der Waals surface area contributed by atoms with E-state index in [-0.39, 0.29) is 11.7 Å². The minimum atomic E-state index is -0.327. The van der Waals surface area contributed by atoms with E-state index in [1.54, 1.807) is 30.3 Å². The van der Waals surface area contributed by atoms with Gasteiger partial charge in [-0.1, -0.05) is 29.4 Å². The van der Waals surface area contributed by atoms with Crippen molar-refractivity contribution in [1.29, 1.82) is 0 Å². The number of nitrogens with one attached hydrogen (secondary N) is 1. The molecule has 0 fully saturated rings. The summed E-state index contributed by atoms with van der Waals surface area (Å²) >= 11 is 3.29. The van der Waals surface area contributed by atoms with Crippen molar-refractivity contribution < 1.29 is 9.60 Å². The van der Waals surface area contributed by atoms with Gasteiger partial charge in [-0.3, -0.25) is 0 Å². The van der Waals surface area contributed by atoms with Crippen molar-refractivity contribution in [2.24, 2.45) is 10.9 Å². The molecule has 0 saturated heterocycles. The summed E-state index contributed by atoms with van der Waals surface area (Å²) in [6, 6.07) is 12.0. The lowest BCUT2D eigenvalue weighted by atomic mass is 10.1. The molecule has 104 valence electrons. The lowest BCUT2D eigenvalue weighted by Gasteiger charge is -2.10. The van der Waals surface area contributed by atoms with Gasteiger partial charge in [-0.05, 0) is 39.7 Å². The molecule has 6 heteroatoms. The summed E-state index contributed by atoms with van der Waals surface area (Å²) in [5.74, 6) is -0.286. The fraction of sp³-hybridized carbons (Fsp3) is 0.0714. The van der Waals surface area contributed by atoms with Crippen molar-refractivity contribution >= 4 is 27.5 Å². The Morgan fingerprint density at radius 3 is 2.75 bits per heavy atom. The van der Waals surface area contributed by atoms with Crippen LogP contribution in [0.3, 0.4) is 0 Å². The van der Waals surface area contributed by atoms with Crippen molar-refractivity contribution in [2.75, 3.05) is 5.32 Å². The normalized spacial score (nSPS) is 11.4. The summed E-state index contributed by atoms with van der Waals surface area (Å²) < 4.78 is 14.3. The smallest absolute Gasteiger partial charge is 0.170 e. The number of amidine groups is 1.